The van der Waals surface area contributed by atoms with Crippen molar-refractivity contribution in [2.24, 2.45) is 5.92 Å². The van der Waals surface area contributed by atoms with Crippen molar-refractivity contribution in [3.63, 3.8) is 0 Å². The number of benzene rings is 1. The molecule has 1 saturated heterocycles. The zero-order valence-electron chi connectivity index (χ0n) is 17.7. The van der Waals surface area contributed by atoms with Gasteiger partial charge in [-0.1, -0.05) is 37.3 Å². The second-order valence-electron chi connectivity index (χ2n) is 7.81. The Morgan fingerprint density at radius 3 is 2.77 bits per heavy atom. The fraction of sp³-hybridized carbons (Fsp3) is 0.333. The molecule has 0 spiro atoms. The van der Waals surface area contributed by atoms with Crippen molar-refractivity contribution in [3.8, 4) is 11.1 Å². The van der Waals surface area contributed by atoms with Gasteiger partial charge < -0.3 is 14.8 Å². The summed E-state index contributed by atoms with van der Waals surface area (Å²) in [6, 6.07) is 12.0. The third kappa shape index (κ3) is 4.66. The highest BCUT2D eigenvalue weighted by molar-refractivity contribution is 5.91. The van der Waals surface area contributed by atoms with Crippen LogP contribution in [0.2, 0.25) is 0 Å². The average Bonchev–Trinajstić information content (AvgIpc) is 3.30. The van der Waals surface area contributed by atoms with Gasteiger partial charge in [0.1, 0.15) is 0 Å². The van der Waals surface area contributed by atoms with Crippen LogP contribution < -0.4 is 0 Å². The Morgan fingerprint density at radius 1 is 1.16 bits per heavy atom. The minimum absolute atomic E-state index is 0.109. The molecule has 0 bridgehead atoms. The van der Waals surface area contributed by atoms with E-state index in [0.717, 1.165) is 23.1 Å². The number of nitrogens with one attached hydrogen (secondary N) is 1. The van der Waals surface area contributed by atoms with Crippen LogP contribution in [-0.4, -0.2) is 62.7 Å². The maximum absolute atomic E-state index is 13.4. The molecule has 1 unspecified atom stereocenters. The van der Waals surface area contributed by atoms with Crippen molar-refractivity contribution in [1.82, 2.24) is 24.8 Å². The van der Waals surface area contributed by atoms with Crippen LogP contribution in [0.3, 0.4) is 0 Å². The fourth-order valence-corrected chi connectivity index (χ4v) is 4.17. The van der Waals surface area contributed by atoms with Crippen molar-refractivity contribution in [2.45, 2.75) is 19.8 Å². The first kappa shape index (κ1) is 20.8. The minimum atomic E-state index is -0.314. The monoisotopic (exact) mass is 417 g/mol. The Labute approximate surface area is 182 Å². The molecule has 2 aromatic heterocycles. The van der Waals surface area contributed by atoms with Crippen molar-refractivity contribution < 1.29 is 9.59 Å². The molecule has 1 aliphatic heterocycles. The molecule has 0 saturated carbocycles. The number of pyridine rings is 1. The number of carbonyl (C=O) groups excluding carboxylic acids is 2. The largest absolute Gasteiger partial charge is 0.341 e. The highest BCUT2D eigenvalue weighted by Gasteiger charge is 2.33. The first-order valence-electron chi connectivity index (χ1n) is 10.7. The normalized spacial score (nSPS) is 16.9. The van der Waals surface area contributed by atoms with Crippen LogP contribution in [0.25, 0.3) is 11.1 Å². The van der Waals surface area contributed by atoms with Crippen molar-refractivity contribution >= 4 is 11.8 Å². The van der Waals surface area contributed by atoms with Gasteiger partial charge in [-0.25, -0.2) is 4.98 Å². The van der Waals surface area contributed by atoms with Crippen LogP contribution >= 0.6 is 0 Å². The van der Waals surface area contributed by atoms with Gasteiger partial charge in [0.2, 0.25) is 5.91 Å². The molecule has 3 aromatic rings. The second-order valence-corrected chi connectivity index (χ2v) is 7.81. The number of rotatable bonds is 6. The number of hydrogen-bond donors (Lipinski definition) is 1. The Kier molecular flexibility index (Phi) is 6.40. The van der Waals surface area contributed by atoms with Crippen molar-refractivity contribution in [1.29, 1.82) is 0 Å². The van der Waals surface area contributed by atoms with Gasteiger partial charge in [-0.15, -0.1) is 0 Å². The van der Waals surface area contributed by atoms with Crippen LogP contribution in [0.5, 0.6) is 0 Å². The van der Waals surface area contributed by atoms with E-state index < -0.39 is 0 Å². The Bertz CT molecular complexity index is 1020. The summed E-state index contributed by atoms with van der Waals surface area (Å²) >= 11 is 0. The third-order valence-corrected chi connectivity index (χ3v) is 5.68. The predicted octanol–water partition coefficient (Wildman–Crippen LogP) is 3.03. The number of aromatic nitrogens is 3. The molecule has 7 nitrogen and oxygen atoms in total. The summed E-state index contributed by atoms with van der Waals surface area (Å²) in [5.41, 5.74) is 3.17. The standard InChI is InChI=1S/C24H27N5O2/c1-2-12-28-13-14-29(24(31)22-26-10-11-27-22)17-20(23(28)30)15-18-6-3-4-8-21(18)19-7-5-9-25-16-19/h3-11,16,20H,2,12-15,17H2,1H3,(H,26,27). The molecule has 1 atom stereocenters. The second kappa shape index (κ2) is 9.55. The van der Waals surface area contributed by atoms with Gasteiger partial charge in [-0.2, -0.15) is 0 Å². The van der Waals surface area contributed by atoms with E-state index in [1.165, 1.54) is 0 Å². The Hall–Kier alpha value is -3.48. The highest BCUT2D eigenvalue weighted by Crippen LogP contribution is 2.27. The molecule has 1 fully saturated rings. The molecular formula is C24H27N5O2. The number of aromatic amines is 1. The van der Waals surface area contributed by atoms with Gasteiger partial charge in [0, 0.05) is 56.5 Å². The molecule has 0 aliphatic carbocycles. The first-order chi connectivity index (χ1) is 15.2. The summed E-state index contributed by atoms with van der Waals surface area (Å²) in [5, 5.41) is 0. The molecule has 4 rings (SSSR count). The lowest BCUT2D eigenvalue weighted by atomic mass is 9.91. The molecule has 1 aliphatic rings. The topological polar surface area (TPSA) is 82.2 Å². The van der Waals surface area contributed by atoms with Crippen LogP contribution in [-0.2, 0) is 11.2 Å². The quantitative estimate of drug-likeness (QED) is 0.668. The van der Waals surface area contributed by atoms with Crippen LogP contribution in [0, 0.1) is 5.92 Å². The van der Waals surface area contributed by atoms with Gasteiger partial charge in [0.15, 0.2) is 5.82 Å². The lowest BCUT2D eigenvalue weighted by Gasteiger charge is -2.24. The number of H-pyrrole nitrogens is 1. The van der Waals surface area contributed by atoms with Gasteiger partial charge >= 0.3 is 0 Å². The summed E-state index contributed by atoms with van der Waals surface area (Å²) in [6.07, 6.45) is 8.25. The summed E-state index contributed by atoms with van der Waals surface area (Å²) in [4.78, 5) is 41.2. The SMILES string of the molecule is CCCN1CCN(C(=O)c2ncc[nH]2)CC(Cc2ccccc2-c2cccnc2)C1=O. The average molecular weight is 418 g/mol. The molecule has 1 aromatic carbocycles. The van der Waals surface area contributed by atoms with Crippen molar-refractivity contribution in [3.05, 3.63) is 72.6 Å². The molecule has 160 valence electrons. The van der Waals surface area contributed by atoms with E-state index >= 15 is 0 Å². The number of carbonyl (C=O) groups is 2. The third-order valence-electron chi connectivity index (χ3n) is 5.68. The lowest BCUT2D eigenvalue weighted by Crippen LogP contribution is -2.38. The smallest absolute Gasteiger partial charge is 0.289 e. The summed E-state index contributed by atoms with van der Waals surface area (Å²) in [5.74, 6) is -0.0593. The minimum Gasteiger partial charge on any atom is -0.341 e. The highest BCUT2D eigenvalue weighted by atomic mass is 16.2. The van der Waals surface area contributed by atoms with Crippen molar-refractivity contribution in [2.75, 3.05) is 26.2 Å². The number of imidazole rings is 1. The molecule has 0 radical (unpaired) electrons. The molecule has 31 heavy (non-hydrogen) atoms. The molecule has 1 N–H and O–H groups in total. The fourth-order valence-electron chi connectivity index (χ4n) is 4.17. The van der Waals surface area contributed by atoms with Crippen LogP contribution in [0.1, 0.15) is 29.5 Å². The predicted molar refractivity (Wildman–Crippen MR) is 118 cm³/mol. The number of nitrogens with zero attached hydrogens (tertiary/aromatic N) is 4. The Balaban J connectivity index is 1.63. The zero-order chi connectivity index (χ0) is 21.6. The summed E-state index contributed by atoms with van der Waals surface area (Å²) in [6.45, 7) is 4.19. The van der Waals surface area contributed by atoms with Gasteiger partial charge in [0.25, 0.3) is 5.91 Å². The maximum Gasteiger partial charge on any atom is 0.289 e. The van der Waals surface area contributed by atoms with Crippen LogP contribution in [0.15, 0.2) is 61.2 Å². The van der Waals surface area contributed by atoms with E-state index in [0.29, 0.717) is 38.4 Å². The number of hydrogen-bond acceptors (Lipinski definition) is 4. The summed E-state index contributed by atoms with van der Waals surface area (Å²) < 4.78 is 0. The number of amides is 2. The first-order valence-corrected chi connectivity index (χ1v) is 10.7. The van der Waals surface area contributed by atoms with E-state index in [4.69, 9.17) is 0 Å². The molecule has 7 heteroatoms. The van der Waals surface area contributed by atoms with E-state index in [-0.39, 0.29) is 17.7 Å². The van der Waals surface area contributed by atoms with E-state index in [2.05, 4.69) is 34.0 Å². The lowest BCUT2D eigenvalue weighted by molar-refractivity contribution is -0.134. The zero-order valence-corrected chi connectivity index (χ0v) is 17.7. The van der Waals surface area contributed by atoms with Gasteiger partial charge in [-0.3, -0.25) is 14.6 Å². The van der Waals surface area contributed by atoms with E-state index in [1.807, 2.05) is 35.4 Å². The van der Waals surface area contributed by atoms with Crippen LogP contribution in [0.4, 0.5) is 0 Å². The molecular weight excluding hydrogens is 390 g/mol. The van der Waals surface area contributed by atoms with E-state index in [9.17, 15) is 9.59 Å². The van der Waals surface area contributed by atoms with Gasteiger partial charge in [0.05, 0.1) is 5.92 Å². The van der Waals surface area contributed by atoms with E-state index in [1.54, 1.807) is 23.5 Å². The Morgan fingerprint density at radius 2 is 2.03 bits per heavy atom. The maximum atomic E-state index is 13.4. The molecule has 3 heterocycles. The van der Waals surface area contributed by atoms with Gasteiger partial charge in [-0.05, 0) is 30.0 Å². The molecule has 2 amide bonds. The summed E-state index contributed by atoms with van der Waals surface area (Å²) in [7, 11) is 0.